The van der Waals surface area contributed by atoms with E-state index in [1.165, 1.54) is 4.90 Å². The predicted molar refractivity (Wildman–Crippen MR) is 116 cm³/mol. The van der Waals surface area contributed by atoms with Gasteiger partial charge in [0.05, 0.1) is 11.8 Å². The van der Waals surface area contributed by atoms with Crippen LogP contribution >= 0.6 is 0 Å². The molecule has 4 aliphatic carbocycles. The summed E-state index contributed by atoms with van der Waals surface area (Å²) < 4.78 is 5.36. The number of hydrogen-bond acceptors (Lipinski definition) is 5. The van der Waals surface area contributed by atoms with Crippen molar-refractivity contribution in [3.63, 3.8) is 0 Å². The van der Waals surface area contributed by atoms with Crippen LogP contribution in [0.4, 0.5) is 0 Å². The van der Waals surface area contributed by atoms with Crippen molar-refractivity contribution in [3.05, 3.63) is 47.0 Å². The lowest BCUT2D eigenvalue weighted by Gasteiger charge is -2.37. The maximum absolute atomic E-state index is 13.4. The SMILES string of the molecule is Cc1ccc(C(=O)COC(=O)[C@H](C(C)C)N2C(=O)[C@H]3[C@@H]4C=C[C@H]([C@H]5C[C@H]45)[C@@H]3C2=O)cc1C. The molecule has 0 aromatic heterocycles. The van der Waals surface area contributed by atoms with Gasteiger partial charge in [0.2, 0.25) is 11.8 Å². The number of carbonyl (C=O) groups excluding carboxylic acids is 4. The molecule has 1 heterocycles. The minimum Gasteiger partial charge on any atom is -0.456 e. The van der Waals surface area contributed by atoms with Gasteiger partial charge in [-0.05, 0) is 67.1 Å². The Balaban J connectivity index is 1.32. The molecular formula is C26H29NO5. The average Bonchev–Trinajstić information content (AvgIpc) is 3.54. The number of amides is 2. The average molecular weight is 436 g/mol. The first kappa shape index (κ1) is 21.1. The van der Waals surface area contributed by atoms with Gasteiger partial charge in [0.15, 0.2) is 12.4 Å². The number of carbonyl (C=O) groups is 4. The van der Waals surface area contributed by atoms with E-state index in [0.29, 0.717) is 17.4 Å². The van der Waals surface area contributed by atoms with Crippen molar-refractivity contribution in [1.29, 1.82) is 0 Å². The molecule has 0 spiro atoms. The fraction of sp³-hybridized carbons (Fsp3) is 0.538. The summed E-state index contributed by atoms with van der Waals surface area (Å²) in [6, 6.07) is 4.34. The number of imide groups is 1. The highest BCUT2D eigenvalue weighted by molar-refractivity contribution is 6.09. The van der Waals surface area contributed by atoms with E-state index in [4.69, 9.17) is 4.74 Å². The minimum absolute atomic E-state index is 0.103. The van der Waals surface area contributed by atoms with Gasteiger partial charge in [-0.1, -0.05) is 38.1 Å². The molecule has 168 valence electrons. The number of ether oxygens (including phenoxy) is 1. The molecule has 6 rings (SSSR count). The molecule has 3 fully saturated rings. The van der Waals surface area contributed by atoms with Gasteiger partial charge >= 0.3 is 5.97 Å². The number of allylic oxidation sites excluding steroid dienone is 2. The van der Waals surface area contributed by atoms with Gasteiger partial charge in [0.1, 0.15) is 6.04 Å². The standard InChI is InChI=1S/C26H29NO5/c1-12(2)23(26(31)32-11-20(28)15-6-5-13(3)14(4)9-15)27-24(29)21-16-7-8-17(19-10-18(16)19)22(21)25(27)30/h5-9,12,16-19,21-23H,10-11H2,1-4H3/t16-,17-,18-,19-,21+,22+,23+/m1/s1. The van der Waals surface area contributed by atoms with Gasteiger partial charge < -0.3 is 4.74 Å². The third-order valence-corrected chi connectivity index (χ3v) is 8.02. The minimum atomic E-state index is -1.01. The molecule has 2 amide bonds. The van der Waals surface area contributed by atoms with Crippen LogP contribution in [0.25, 0.3) is 0 Å². The van der Waals surface area contributed by atoms with E-state index in [1.54, 1.807) is 26.0 Å². The van der Waals surface area contributed by atoms with Crippen LogP contribution in [0.2, 0.25) is 0 Å². The molecule has 0 radical (unpaired) electrons. The Morgan fingerprint density at radius 1 is 1.00 bits per heavy atom. The first-order valence-electron chi connectivity index (χ1n) is 11.5. The second-order valence-electron chi connectivity index (χ2n) is 10.2. The summed E-state index contributed by atoms with van der Waals surface area (Å²) in [5.41, 5.74) is 2.54. The van der Waals surface area contributed by atoms with Crippen LogP contribution in [0.3, 0.4) is 0 Å². The molecule has 5 aliphatic rings. The van der Waals surface area contributed by atoms with E-state index in [1.807, 2.05) is 19.9 Å². The molecule has 32 heavy (non-hydrogen) atoms. The number of benzene rings is 1. The van der Waals surface area contributed by atoms with E-state index >= 15 is 0 Å². The van der Waals surface area contributed by atoms with Crippen molar-refractivity contribution >= 4 is 23.6 Å². The Labute approximate surface area is 188 Å². The Kier molecular flexibility index (Phi) is 4.88. The van der Waals surface area contributed by atoms with E-state index < -0.39 is 18.6 Å². The van der Waals surface area contributed by atoms with Crippen molar-refractivity contribution in [3.8, 4) is 0 Å². The maximum atomic E-state index is 13.4. The number of ketones is 1. The third-order valence-electron chi connectivity index (χ3n) is 8.02. The lowest BCUT2D eigenvalue weighted by molar-refractivity contribution is -0.160. The van der Waals surface area contributed by atoms with Gasteiger partial charge in [0, 0.05) is 5.56 Å². The van der Waals surface area contributed by atoms with Crippen LogP contribution in [0.1, 0.15) is 41.8 Å². The zero-order valence-electron chi connectivity index (χ0n) is 18.9. The van der Waals surface area contributed by atoms with Crippen molar-refractivity contribution in [2.24, 2.45) is 41.4 Å². The van der Waals surface area contributed by atoms with Gasteiger partial charge in [-0.25, -0.2) is 4.79 Å². The molecule has 0 N–H and O–H groups in total. The fourth-order valence-corrected chi connectivity index (χ4v) is 6.15. The quantitative estimate of drug-likeness (QED) is 0.297. The topological polar surface area (TPSA) is 80.8 Å². The second-order valence-corrected chi connectivity index (χ2v) is 10.2. The summed E-state index contributed by atoms with van der Waals surface area (Å²) in [4.78, 5) is 53.5. The van der Waals surface area contributed by atoms with Crippen molar-refractivity contribution in [2.45, 2.75) is 40.2 Å². The van der Waals surface area contributed by atoms with E-state index in [2.05, 4.69) is 12.2 Å². The first-order chi connectivity index (χ1) is 15.2. The van der Waals surface area contributed by atoms with Crippen LogP contribution in [0, 0.1) is 55.3 Å². The van der Waals surface area contributed by atoms with Crippen molar-refractivity contribution in [2.75, 3.05) is 6.61 Å². The van der Waals surface area contributed by atoms with Gasteiger partial charge in [-0.2, -0.15) is 0 Å². The number of aryl methyl sites for hydroxylation is 2. The highest BCUT2D eigenvalue weighted by Gasteiger charge is 2.68. The Bertz CT molecular complexity index is 1020. The Hall–Kier alpha value is -2.76. The molecule has 0 unspecified atom stereocenters. The number of hydrogen-bond donors (Lipinski definition) is 0. The van der Waals surface area contributed by atoms with Crippen LogP contribution in [-0.4, -0.2) is 41.1 Å². The largest absolute Gasteiger partial charge is 0.456 e. The lowest BCUT2D eigenvalue weighted by Crippen LogP contribution is -2.49. The molecule has 7 atom stereocenters. The maximum Gasteiger partial charge on any atom is 0.330 e. The van der Waals surface area contributed by atoms with Gasteiger partial charge in [-0.15, -0.1) is 0 Å². The summed E-state index contributed by atoms with van der Waals surface area (Å²) in [7, 11) is 0. The summed E-state index contributed by atoms with van der Waals surface area (Å²) >= 11 is 0. The van der Waals surface area contributed by atoms with Crippen LogP contribution in [0.5, 0.6) is 0 Å². The molecule has 1 aliphatic heterocycles. The highest BCUT2D eigenvalue weighted by Crippen LogP contribution is 2.65. The second kappa shape index (κ2) is 7.39. The van der Waals surface area contributed by atoms with E-state index in [9.17, 15) is 19.2 Å². The zero-order valence-corrected chi connectivity index (χ0v) is 18.9. The molecule has 6 heteroatoms. The number of nitrogens with zero attached hydrogens (tertiary/aromatic N) is 1. The summed E-state index contributed by atoms with van der Waals surface area (Å²) in [6.07, 6.45) is 5.31. The van der Waals surface area contributed by atoms with Crippen LogP contribution < -0.4 is 0 Å². The summed E-state index contributed by atoms with van der Waals surface area (Å²) in [5.74, 6) is -1.31. The fourth-order valence-electron chi connectivity index (χ4n) is 6.15. The number of esters is 1. The normalized spacial score (nSPS) is 32.7. The van der Waals surface area contributed by atoms with Gasteiger partial charge in [-0.3, -0.25) is 19.3 Å². The van der Waals surface area contributed by atoms with E-state index in [0.717, 1.165) is 17.5 Å². The summed E-state index contributed by atoms with van der Waals surface area (Å²) in [5, 5.41) is 0. The molecule has 6 nitrogen and oxygen atoms in total. The Morgan fingerprint density at radius 2 is 1.59 bits per heavy atom. The lowest BCUT2D eigenvalue weighted by atomic mass is 9.63. The van der Waals surface area contributed by atoms with Crippen LogP contribution in [0.15, 0.2) is 30.4 Å². The first-order valence-corrected chi connectivity index (χ1v) is 11.5. The van der Waals surface area contributed by atoms with Gasteiger partial charge in [0.25, 0.3) is 0 Å². The number of Topliss-reactive ketones (excluding diaryl/α,β-unsaturated/α-hetero) is 1. The monoisotopic (exact) mass is 435 g/mol. The molecular weight excluding hydrogens is 406 g/mol. The van der Waals surface area contributed by atoms with Crippen molar-refractivity contribution in [1.82, 2.24) is 4.90 Å². The Morgan fingerprint density at radius 3 is 2.12 bits per heavy atom. The molecule has 2 bridgehead atoms. The number of rotatable bonds is 6. The summed E-state index contributed by atoms with van der Waals surface area (Å²) in [6.45, 7) is 7.06. The molecule has 1 aromatic rings. The molecule has 2 saturated carbocycles. The zero-order chi connectivity index (χ0) is 22.9. The van der Waals surface area contributed by atoms with Crippen molar-refractivity contribution < 1.29 is 23.9 Å². The highest BCUT2D eigenvalue weighted by atomic mass is 16.5. The predicted octanol–water partition coefficient (Wildman–Crippen LogP) is 3.11. The third kappa shape index (κ3) is 3.06. The molecule has 1 saturated heterocycles. The number of likely N-dealkylation sites (tertiary alicyclic amines) is 1. The van der Waals surface area contributed by atoms with E-state index in [-0.39, 0.29) is 47.2 Å². The smallest absolute Gasteiger partial charge is 0.330 e. The van der Waals surface area contributed by atoms with Crippen LogP contribution in [-0.2, 0) is 19.1 Å². The molecule has 1 aromatic carbocycles.